The molecule has 0 aliphatic carbocycles. The van der Waals surface area contributed by atoms with Crippen LogP contribution in [0.15, 0.2) is 29.2 Å². The first-order chi connectivity index (χ1) is 17.5. The quantitative estimate of drug-likeness (QED) is 0.350. The lowest BCUT2D eigenvalue weighted by molar-refractivity contribution is -0.137. The van der Waals surface area contributed by atoms with Crippen molar-refractivity contribution in [2.75, 3.05) is 29.7 Å². The highest BCUT2D eigenvalue weighted by Crippen LogP contribution is 2.31. The second-order valence-corrected chi connectivity index (χ2v) is 10.1. The van der Waals surface area contributed by atoms with Crippen LogP contribution in [-0.4, -0.2) is 64.1 Å². The molecule has 3 N–H and O–H groups in total. The number of aromatic nitrogens is 3. The van der Waals surface area contributed by atoms with Crippen molar-refractivity contribution in [3.05, 3.63) is 46.4 Å². The Bertz CT molecular complexity index is 1530. The molecule has 1 saturated heterocycles. The number of nitrogens with zero attached hydrogens (tertiary/aromatic N) is 4. The van der Waals surface area contributed by atoms with E-state index in [1.165, 1.54) is 19.3 Å². The molecule has 3 heterocycles. The van der Waals surface area contributed by atoms with Crippen molar-refractivity contribution in [3.8, 4) is 11.1 Å². The molecular formula is C22H23F3N6O5S. The topological polar surface area (TPSA) is 147 Å². The Hall–Kier alpha value is -3.72. The molecule has 0 amide bonds. The van der Waals surface area contributed by atoms with Gasteiger partial charge in [-0.2, -0.15) is 17.7 Å². The van der Waals surface area contributed by atoms with E-state index in [9.17, 15) is 26.8 Å². The van der Waals surface area contributed by atoms with Gasteiger partial charge in [-0.3, -0.25) is 18.9 Å². The number of alkyl halides is 1. The summed E-state index contributed by atoms with van der Waals surface area (Å²) in [5.41, 5.74) is -2.39. The van der Waals surface area contributed by atoms with Crippen molar-refractivity contribution in [1.29, 1.82) is 0 Å². The zero-order valence-corrected chi connectivity index (χ0v) is 20.4. The summed E-state index contributed by atoms with van der Waals surface area (Å²) in [6.45, 7) is -0.202. The number of carboxylic acid groups (broad SMARTS) is 1. The third kappa shape index (κ3) is 5.51. The van der Waals surface area contributed by atoms with Gasteiger partial charge >= 0.3 is 16.2 Å². The van der Waals surface area contributed by atoms with Crippen LogP contribution in [-0.2, 0) is 22.1 Å². The zero-order valence-electron chi connectivity index (χ0n) is 19.5. The normalized spacial score (nSPS) is 16.3. The molecule has 1 aliphatic rings. The molecule has 0 saturated carbocycles. The van der Waals surface area contributed by atoms with E-state index in [0.29, 0.717) is 6.42 Å². The lowest BCUT2D eigenvalue weighted by Gasteiger charge is -2.18. The van der Waals surface area contributed by atoms with Gasteiger partial charge in [0.25, 0.3) is 5.56 Å². The van der Waals surface area contributed by atoms with Gasteiger partial charge in [0.1, 0.15) is 17.6 Å². The van der Waals surface area contributed by atoms with Crippen molar-refractivity contribution >= 4 is 38.8 Å². The summed E-state index contributed by atoms with van der Waals surface area (Å²) in [6, 6.07) is 2.90. The summed E-state index contributed by atoms with van der Waals surface area (Å²) in [5.74, 6) is -3.23. The van der Waals surface area contributed by atoms with E-state index in [1.807, 2.05) is 4.72 Å². The smallest absolute Gasteiger partial charge is 0.303 e. The maximum Gasteiger partial charge on any atom is 0.303 e. The number of anilines is 2. The SMILES string of the molecule is Cn1c(=O)c(-c2c(F)ccc(NS(=O)(=O)N3CC[C@@H](F)C3)c2F)cc2cnc(NCCCC(=O)O)nc21. The number of carbonyl (C=O) groups is 1. The number of benzene rings is 1. The summed E-state index contributed by atoms with van der Waals surface area (Å²) >= 11 is 0. The van der Waals surface area contributed by atoms with Crippen LogP contribution in [0.25, 0.3) is 22.2 Å². The van der Waals surface area contributed by atoms with Gasteiger partial charge in [0.05, 0.1) is 16.8 Å². The minimum Gasteiger partial charge on any atom is -0.481 e. The molecule has 0 radical (unpaired) electrons. The standard InChI is InChI=1S/C22H23F3N6O5S/c1-30-20-12(10-27-22(28-20)26-7-2-3-17(32)33)9-14(21(30)34)18-15(24)4-5-16(19(18)25)29-37(35,36)31-8-6-13(23)11-31/h4-5,9-10,13,29H,2-3,6-8,11H2,1H3,(H,32,33)(H,26,27,28)/t13-/m1/s1. The molecule has 0 bridgehead atoms. The van der Waals surface area contributed by atoms with Crippen LogP contribution in [0.5, 0.6) is 0 Å². The predicted molar refractivity (Wildman–Crippen MR) is 129 cm³/mol. The van der Waals surface area contributed by atoms with Crippen LogP contribution in [0.1, 0.15) is 19.3 Å². The van der Waals surface area contributed by atoms with Crippen molar-refractivity contribution in [3.63, 3.8) is 0 Å². The minimum absolute atomic E-state index is 0.00678. The number of hydrogen-bond donors (Lipinski definition) is 3. The summed E-state index contributed by atoms with van der Waals surface area (Å²) in [4.78, 5) is 32.0. The average Bonchev–Trinajstić information content (AvgIpc) is 3.29. The van der Waals surface area contributed by atoms with E-state index >= 15 is 4.39 Å². The molecule has 11 nitrogen and oxygen atoms in total. The number of fused-ring (bicyclic) bond motifs is 1. The molecule has 3 aromatic rings. The second-order valence-electron chi connectivity index (χ2n) is 8.45. The predicted octanol–water partition coefficient (Wildman–Crippen LogP) is 2.25. The highest BCUT2D eigenvalue weighted by atomic mass is 32.2. The highest BCUT2D eigenvalue weighted by molar-refractivity contribution is 7.90. The molecular weight excluding hydrogens is 517 g/mol. The van der Waals surface area contributed by atoms with Crippen LogP contribution < -0.4 is 15.6 Å². The van der Waals surface area contributed by atoms with E-state index in [1.54, 1.807) is 0 Å². The summed E-state index contributed by atoms with van der Waals surface area (Å²) < 4.78 is 72.7. The molecule has 4 rings (SSSR count). The van der Waals surface area contributed by atoms with E-state index in [0.717, 1.165) is 21.0 Å². The van der Waals surface area contributed by atoms with Gasteiger partial charge in [-0.05, 0) is 31.0 Å². The molecule has 0 spiro atoms. The summed E-state index contributed by atoms with van der Waals surface area (Å²) in [5, 5.41) is 11.8. The second kappa shape index (κ2) is 10.3. The first-order valence-corrected chi connectivity index (χ1v) is 12.6. The molecule has 15 heteroatoms. The number of aliphatic carboxylic acids is 1. The van der Waals surface area contributed by atoms with E-state index in [2.05, 4.69) is 15.3 Å². The zero-order chi connectivity index (χ0) is 26.9. The first kappa shape index (κ1) is 26.3. The number of hydrogen-bond acceptors (Lipinski definition) is 7. The van der Waals surface area contributed by atoms with Gasteiger partial charge in [-0.1, -0.05) is 0 Å². The van der Waals surface area contributed by atoms with Crippen LogP contribution in [0.3, 0.4) is 0 Å². The Morgan fingerprint density at radius 3 is 2.73 bits per heavy atom. The molecule has 1 aromatic carbocycles. The van der Waals surface area contributed by atoms with Crippen LogP contribution in [0.2, 0.25) is 0 Å². The van der Waals surface area contributed by atoms with Gasteiger partial charge in [-0.25, -0.2) is 18.2 Å². The lowest BCUT2D eigenvalue weighted by Crippen LogP contribution is -2.34. The molecule has 1 fully saturated rings. The molecule has 1 aliphatic heterocycles. The number of rotatable bonds is 9. The Balaban J connectivity index is 1.69. The number of pyridine rings is 1. The average molecular weight is 541 g/mol. The van der Waals surface area contributed by atoms with Gasteiger partial charge in [0.15, 0.2) is 5.82 Å². The van der Waals surface area contributed by atoms with Crippen LogP contribution >= 0.6 is 0 Å². The Morgan fingerprint density at radius 1 is 1.30 bits per heavy atom. The van der Waals surface area contributed by atoms with Crippen LogP contribution in [0.4, 0.5) is 24.8 Å². The number of aryl methyl sites for hydroxylation is 1. The van der Waals surface area contributed by atoms with E-state index in [-0.39, 0.29) is 55.0 Å². The third-order valence-corrected chi connectivity index (χ3v) is 7.32. The van der Waals surface area contributed by atoms with E-state index in [4.69, 9.17) is 5.11 Å². The maximum absolute atomic E-state index is 15.4. The Labute approximate surface area is 209 Å². The van der Waals surface area contributed by atoms with Gasteiger partial charge in [0, 0.05) is 44.7 Å². The van der Waals surface area contributed by atoms with Crippen molar-refractivity contribution in [1.82, 2.24) is 18.8 Å². The maximum atomic E-state index is 15.4. The van der Waals surface area contributed by atoms with E-state index < -0.39 is 50.8 Å². The fraction of sp³-hybridized carbons (Fsp3) is 0.364. The molecule has 0 unspecified atom stereocenters. The third-order valence-electron chi connectivity index (χ3n) is 5.83. The fourth-order valence-electron chi connectivity index (χ4n) is 3.94. The number of halogens is 3. The highest BCUT2D eigenvalue weighted by Gasteiger charge is 2.32. The van der Waals surface area contributed by atoms with Gasteiger partial charge in [0.2, 0.25) is 5.95 Å². The number of carboxylic acids is 1. The Morgan fingerprint density at radius 2 is 2.05 bits per heavy atom. The lowest BCUT2D eigenvalue weighted by atomic mass is 10.0. The molecule has 1 atom stereocenters. The van der Waals surface area contributed by atoms with Crippen LogP contribution in [0, 0.1) is 11.6 Å². The fourth-order valence-corrected chi connectivity index (χ4v) is 5.21. The largest absolute Gasteiger partial charge is 0.481 e. The van der Waals surface area contributed by atoms with Crippen molar-refractivity contribution in [2.24, 2.45) is 7.05 Å². The number of nitrogens with one attached hydrogen (secondary N) is 2. The molecule has 37 heavy (non-hydrogen) atoms. The van der Waals surface area contributed by atoms with Crippen molar-refractivity contribution < 1.29 is 31.5 Å². The molecule has 198 valence electrons. The summed E-state index contributed by atoms with van der Waals surface area (Å²) in [6.07, 6.45) is 0.261. The minimum atomic E-state index is -4.31. The first-order valence-electron chi connectivity index (χ1n) is 11.2. The van der Waals surface area contributed by atoms with Gasteiger partial charge in [-0.15, -0.1) is 0 Å². The molecule has 2 aromatic heterocycles. The Kier molecular flexibility index (Phi) is 7.36. The summed E-state index contributed by atoms with van der Waals surface area (Å²) in [7, 11) is -2.97. The van der Waals surface area contributed by atoms with Crippen molar-refractivity contribution in [2.45, 2.75) is 25.4 Å². The monoisotopic (exact) mass is 540 g/mol. The van der Waals surface area contributed by atoms with Gasteiger partial charge < -0.3 is 10.4 Å².